The first-order chi connectivity index (χ1) is 11.5. The minimum absolute atomic E-state index is 0.0139. The van der Waals surface area contributed by atoms with E-state index in [2.05, 4.69) is 5.32 Å². The molecule has 6 nitrogen and oxygen atoms in total. The molecule has 1 aliphatic heterocycles. The van der Waals surface area contributed by atoms with Crippen LogP contribution in [0.4, 0.5) is 5.69 Å². The van der Waals surface area contributed by atoms with E-state index in [9.17, 15) is 9.59 Å². The molecule has 0 unspecified atom stereocenters. The van der Waals surface area contributed by atoms with Gasteiger partial charge in [-0.2, -0.15) is 0 Å². The van der Waals surface area contributed by atoms with E-state index < -0.39 is 11.8 Å². The van der Waals surface area contributed by atoms with Crippen molar-refractivity contribution in [1.29, 1.82) is 0 Å². The number of amides is 2. The molecule has 0 spiro atoms. The topological polar surface area (TPSA) is 82.8 Å². The van der Waals surface area contributed by atoms with Crippen LogP contribution >= 0.6 is 23.8 Å². The fourth-order valence-electron chi connectivity index (χ4n) is 2.18. The molecule has 3 rings (SSSR count). The lowest BCUT2D eigenvalue weighted by atomic mass is 10.1. The second kappa shape index (κ2) is 6.56. The third-order valence-electron chi connectivity index (χ3n) is 3.31. The third-order valence-corrected chi connectivity index (χ3v) is 3.85. The Morgan fingerprint density at radius 3 is 2.54 bits per heavy atom. The SMILES string of the molecule is O=C1NC(=S)N(c2ccc(Cl)cc2)C(=O)C1=Cc1ccc(CO)o1. The quantitative estimate of drug-likeness (QED) is 0.497. The van der Waals surface area contributed by atoms with Gasteiger partial charge in [-0.25, -0.2) is 0 Å². The number of hydrogen-bond acceptors (Lipinski definition) is 5. The Labute approximate surface area is 147 Å². The van der Waals surface area contributed by atoms with Crippen LogP contribution in [-0.4, -0.2) is 22.0 Å². The standard InChI is InChI=1S/C16H11ClN2O4S/c17-9-1-3-10(4-2-9)19-15(22)13(14(21)18-16(19)24)7-11-5-6-12(8-20)23-11/h1-7,20H,8H2,(H,18,21,24). The maximum Gasteiger partial charge on any atom is 0.270 e. The molecular weight excluding hydrogens is 352 g/mol. The van der Waals surface area contributed by atoms with Gasteiger partial charge >= 0.3 is 0 Å². The smallest absolute Gasteiger partial charge is 0.270 e. The molecule has 8 heteroatoms. The summed E-state index contributed by atoms with van der Waals surface area (Å²) >= 11 is 10.9. The first-order valence-electron chi connectivity index (χ1n) is 6.86. The van der Waals surface area contributed by atoms with Gasteiger partial charge in [-0.05, 0) is 54.7 Å². The van der Waals surface area contributed by atoms with Crippen molar-refractivity contribution in [1.82, 2.24) is 5.32 Å². The molecule has 1 saturated heterocycles. The Balaban J connectivity index is 1.98. The van der Waals surface area contributed by atoms with Gasteiger partial charge in [0.1, 0.15) is 23.7 Å². The van der Waals surface area contributed by atoms with Crippen LogP contribution in [-0.2, 0) is 16.2 Å². The summed E-state index contributed by atoms with van der Waals surface area (Å²) in [6.07, 6.45) is 1.31. The van der Waals surface area contributed by atoms with E-state index in [1.165, 1.54) is 11.0 Å². The number of hydrogen-bond donors (Lipinski definition) is 2. The van der Waals surface area contributed by atoms with Crippen LogP contribution in [0.15, 0.2) is 46.4 Å². The summed E-state index contributed by atoms with van der Waals surface area (Å²) in [6.45, 7) is -0.274. The van der Waals surface area contributed by atoms with E-state index in [1.807, 2.05) is 0 Å². The molecule has 0 saturated carbocycles. The van der Waals surface area contributed by atoms with Gasteiger partial charge in [0, 0.05) is 5.02 Å². The van der Waals surface area contributed by atoms with E-state index in [0.717, 1.165) is 0 Å². The Kier molecular flexibility index (Phi) is 4.48. The van der Waals surface area contributed by atoms with Crippen molar-refractivity contribution in [3.63, 3.8) is 0 Å². The van der Waals surface area contributed by atoms with Gasteiger partial charge in [0.2, 0.25) is 0 Å². The van der Waals surface area contributed by atoms with Crippen molar-refractivity contribution in [2.24, 2.45) is 0 Å². The van der Waals surface area contributed by atoms with Gasteiger partial charge in [0.15, 0.2) is 5.11 Å². The molecule has 0 bridgehead atoms. The number of nitrogens with one attached hydrogen (secondary N) is 1. The monoisotopic (exact) mass is 362 g/mol. The first-order valence-corrected chi connectivity index (χ1v) is 7.65. The zero-order valence-corrected chi connectivity index (χ0v) is 13.7. The first kappa shape index (κ1) is 16.4. The lowest BCUT2D eigenvalue weighted by molar-refractivity contribution is -0.122. The largest absolute Gasteiger partial charge is 0.459 e. The second-order valence-electron chi connectivity index (χ2n) is 4.90. The minimum Gasteiger partial charge on any atom is -0.459 e. The number of anilines is 1. The number of thiocarbonyl (C=S) groups is 1. The normalized spacial score (nSPS) is 16.7. The second-order valence-corrected chi connectivity index (χ2v) is 5.72. The number of aliphatic hydroxyl groups excluding tert-OH is 1. The molecule has 122 valence electrons. The van der Waals surface area contributed by atoms with Crippen molar-refractivity contribution in [3.8, 4) is 0 Å². The fraction of sp³-hybridized carbons (Fsp3) is 0.0625. The highest BCUT2D eigenvalue weighted by molar-refractivity contribution is 7.80. The maximum absolute atomic E-state index is 12.7. The maximum atomic E-state index is 12.7. The zero-order valence-electron chi connectivity index (χ0n) is 12.2. The highest BCUT2D eigenvalue weighted by Crippen LogP contribution is 2.24. The number of halogens is 1. The van der Waals surface area contributed by atoms with Crippen LogP contribution in [0.2, 0.25) is 5.02 Å². The van der Waals surface area contributed by atoms with Gasteiger partial charge < -0.3 is 9.52 Å². The molecule has 2 amide bonds. The lowest BCUT2D eigenvalue weighted by Crippen LogP contribution is -2.54. The number of carbonyl (C=O) groups excluding carboxylic acids is 2. The van der Waals surface area contributed by atoms with Gasteiger partial charge in [-0.3, -0.25) is 19.8 Å². The van der Waals surface area contributed by atoms with Gasteiger partial charge in [0.05, 0.1) is 5.69 Å². The minimum atomic E-state index is -0.614. The molecule has 1 aromatic carbocycles. The van der Waals surface area contributed by atoms with Crippen molar-refractivity contribution in [2.45, 2.75) is 6.61 Å². The highest BCUT2D eigenvalue weighted by Gasteiger charge is 2.34. The number of aliphatic hydroxyl groups is 1. The predicted molar refractivity (Wildman–Crippen MR) is 92.3 cm³/mol. The number of rotatable bonds is 3. The molecule has 1 aromatic heterocycles. The van der Waals surface area contributed by atoms with Crippen LogP contribution in [0.5, 0.6) is 0 Å². The molecule has 0 aliphatic carbocycles. The van der Waals surface area contributed by atoms with E-state index in [0.29, 0.717) is 16.5 Å². The van der Waals surface area contributed by atoms with Crippen LogP contribution < -0.4 is 10.2 Å². The van der Waals surface area contributed by atoms with E-state index >= 15 is 0 Å². The average Bonchev–Trinajstić information content (AvgIpc) is 3.01. The zero-order chi connectivity index (χ0) is 17.3. The summed E-state index contributed by atoms with van der Waals surface area (Å²) in [5.74, 6) is -0.581. The number of benzene rings is 1. The molecule has 1 aliphatic rings. The molecule has 2 heterocycles. The molecule has 0 radical (unpaired) electrons. The number of furan rings is 1. The summed E-state index contributed by atoms with van der Waals surface area (Å²) < 4.78 is 5.29. The summed E-state index contributed by atoms with van der Waals surface area (Å²) in [5.41, 5.74) is 0.355. The lowest BCUT2D eigenvalue weighted by Gasteiger charge is -2.28. The van der Waals surface area contributed by atoms with Crippen LogP contribution in [0, 0.1) is 0 Å². The molecule has 0 atom stereocenters. The average molecular weight is 363 g/mol. The van der Waals surface area contributed by atoms with Gasteiger partial charge in [0.25, 0.3) is 11.8 Å². The molecule has 24 heavy (non-hydrogen) atoms. The van der Waals surface area contributed by atoms with E-state index in [4.69, 9.17) is 33.3 Å². The van der Waals surface area contributed by atoms with Crippen LogP contribution in [0.25, 0.3) is 6.08 Å². The van der Waals surface area contributed by atoms with Crippen molar-refractivity contribution in [2.75, 3.05) is 4.90 Å². The molecular formula is C16H11ClN2O4S. The van der Waals surface area contributed by atoms with Crippen molar-refractivity contribution < 1.29 is 19.1 Å². The Hall–Kier alpha value is -2.48. The Bertz CT molecular complexity index is 857. The summed E-state index contributed by atoms with van der Waals surface area (Å²) in [7, 11) is 0. The van der Waals surface area contributed by atoms with Crippen molar-refractivity contribution in [3.05, 3.63) is 58.5 Å². The molecule has 2 N–H and O–H groups in total. The summed E-state index contributed by atoms with van der Waals surface area (Å²) in [6, 6.07) is 9.59. The molecule has 2 aromatic rings. The summed E-state index contributed by atoms with van der Waals surface area (Å²) in [5, 5.41) is 12.0. The number of carbonyl (C=O) groups is 2. The van der Waals surface area contributed by atoms with Gasteiger partial charge in [-0.15, -0.1) is 0 Å². The molecule has 1 fully saturated rings. The van der Waals surface area contributed by atoms with E-state index in [-0.39, 0.29) is 23.1 Å². The third kappa shape index (κ3) is 3.09. The predicted octanol–water partition coefficient (Wildman–Crippen LogP) is 2.26. The summed E-state index contributed by atoms with van der Waals surface area (Å²) in [4.78, 5) is 26.0. The Morgan fingerprint density at radius 2 is 1.92 bits per heavy atom. The number of nitrogens with zero attached hydrogens (tertiary/aromatic N) is 1. The van der Waals surface area contributed by atoms with Crippen LogP contribution in [0.1, 0.15) is 11.5 Å². The highest BCUT2D eigenvalue weighted by atomic mass is 35.5. The van der Waals surface area contributed by atoms with Crippen LogP contribution in [0.3, 0.4) is 0 Å². The van der Waals surface area contributed by atoms with Crippen molar-refractivity contribution >= 4 is 52.5 Å². The van der Waals surface area contributed by atoms with Gasteiger partial charge in [-0.1, -0.05) is 11.6 Å². The Morgan fingerprint density at radius 1 is 1.21 bits per heavy atom. The fourth-order valence-corrected chi connectivity index (χ4v) is 2.59. The van der Waals surface area contributed by atoms with E-state index in [1.54, 1.807) is 36.4 Å².